The van der Waals surface area contributed by atoms with Crippen molar-refractivity contribution in [1.29, 1.82) is 0 Å². The topological polar surface area (TPSA) is 59.0 Å². The lowest BCUT2D eigenvalue weighted by Crippen LogP contribution is -2.29. The largest absolute Gasteiger partial charge is 0.416 e. The Morgan fingerprint density at radius 1 is 1.12 bits per heavy atom. The highest BCUT2D eigenvalue weighted by atomic mass is 35.5. The maximum atomic E-state index is 13.1. The molecule has 5 nitrogen and oxygen atoms in total. The van der Waals surface area contributed by atoms with Crippen LogP contribution in [0.25, 0.3) is 5.69 Å². The van der Waals surface area contributed by atoms with Gasteiger partial charge in [0.05, 0.1) is 28.7 Å². The minimum absolute atomic E-state index is 0. The van der Waals surface area contributed by atoms with E-state index in [4.69, 9.17) is 11.6 Å². The van der Waals surface area contributed by atoms with Crippen molar-refractivity contribution in [3.8, 4) is 5.69 Å². The standard InChI is InChI=1S/C22H20ClF3N4O.ClH/c23-16-4-6-18(7-5-16)30-20(14-8-10-27-11-9-14)19(13-28-30)21(31)29-17-3-1-2-15(12-17)22(24,25)26;/h1-7,12-14,27H,8-11H2,(H,29,31);1H. The van der Waals surface area contributed by atoms with E-state index < -0.39 is 17.6 Å². The minimum atomic E-state index is -4.49. The van der Waals surface area contributed by atoms with E-state index in [2.05, 4.69) is 15.7 Å². The number of benzene rings is 2. The van der Waals surface area contributed by atoms with Gasteiger partial charge < -0.3 is 10.6 Å². The molecule has 1 aromatic heterocycles. The predicted octanol–water partition coefficient (Wildman–Crippen LogP) is 5.69. The lowest BCUT2D eigenvalue weighted by molar-refractivity contribution is -0.137. The molecular weight excluding hydrogens is 464 g/mol. The third-order valence-electron chi connectivity index (χ3n) is 5.30. The summed E-state index contributed by atoms with van der Waals surface area (Å²) in [6.07, 6.45) is -1.37. The second-order valence-corrected chi connectivity index (χ2v) is 7.83. The molecular formula is C22H21Cl2F3N4O. The number of nitrogens with one attached hydrogen (secondary N) is 2. The van der Waals surface area contributed by atoms with Gasteiger partial charge in [-0.25, -0.2) is 4.68 Å². The molecule has 170 valence electrons. The second-order valence-electron chi connectivity index (χ2n) is 7.39. The molecule has 0 radical (unpaired) electrons. The number of alkyl halides is 3. The first-order valence-corrected chi connectivity index (χ1v) is 10.2. The Kier molecular flexibility index (Phi) is 7.48. The van der Waals surface area contributed by atoms with Crippen LogP contribution in [0, 0.1) is 0 Å². The predicted molar refractivity (Wildman–Crippen MR) is 120 cm³/mol. The minimum Gasteiger partial charge on any atom is -0.322 e. The molecule has 0 bridgehead atoms. The maximum absolute atomic E-state index is 13.1. The van der Waals surface area contributed by atoms with E-state index in [1.165, 1.54) is 18.3 Å². The van der Waals surface area contributed by atoms with Crippen LogP contribution in [0.5, 0.6) is 0 Å². The number of anilines is 1. The van der Waals surface area contributed by atoms with Gasteiger partial charge in [0.1, 0.15) is 0 Å². The van der Waals surface area contributed by atoms with E-state index in [9.17, 15) is 18.0 Å². The molecule has 1 aliphatic heterocycles. The van der Waals surface area contributed by atoms with Gasteiger partial charge in [-0.3, -0.25) is 4.79 Å². The van der Waals surface area contributed by atoms with Gasteiger partial charge in [0.15, 0.2) is 0 Å². The summed E-state index contributed by atoms with van der Waals surface area (Å²) in [4.78, 5) is 13.1. The van der Waals surface area contributed by atoms with Crippen LogP contribution in [0.3, 0.4) is 0 Å². The van der Waals surface area contributed by atoms with E-state index in [1.54, 1.807) is 16.8 Å². The van der Waals surface area contributed by atoms with Gasteiger partial charge in [-0.05, 0) is 68.4 Å². The molecule has 1 amide bonds. The zero-order chi connectivity index (χ0) is 22.0. The molecule has 0 atom stereocenters. The highest BCUT2D eigenvalue weighted by molar-refractivity contribution is 6.30. The lowest BCUT2D eigenvalue weighted by Gasteiger charge is -2.24. The van der Waals surface area contributed by atoms with Crippen molar-refractivity contribution in [1.82, 2.24) is 15.1 Å². The SMILES string of the molecule is Cl.O=C(Nc1cccc(C(F)(F)F)c1)c1cnn(-c2ccc(Cl)cc2)c1C1CCNCC1. The molecule has 10 heteroatoms. The number of carbonyl (C=O) groups is 1. The molecule has 0 saturated carbocycles. The molecule has 0 unspecified atom stereocenters. The smallest absolute Gasteiger partial charge is 0.322 e. The number of halogens is 5. The zero-order valence-electron chi connectivity index (χ0n) is 16.8. The fourth-order valence-electron chi connectivity index (χ4n) is 3.78. The number of hydrogen-bond acceptors (Lipinski definition) is 3. The molecule has 2 heterocycles. The lowest BCUT2D eigenvalue weighted by atomic mass is 9.91. The molecule has 3 aromatic rings. The molecule has 1 fully saturated rings. The van der Waals surface area contributed by atoms with Crippen molar-refractivity contribution in [3.63, 3.8) is 0 Å². The molecule has 0 spiro atoms. The second kappa shape index (κ2) is 9.94. The average molecular weight is 485 g/mol. The average Bonchev–Trinajstić information content (AvgIpc) is 3.20. The Morgan fingerprint density at radius 2 is 1.81 bits per heavy atom. The van der Waals surface area contributed by atoms with Crippen LogP contribution in [0.4, 0.5) is 18.9 Å². The molecule has 1 saturated heterocycles. The first kappa shape index (κ1) is 24.1. The van der Waals surface area contributed by atoms with Gasteiger partial charge in [0.25, 0.3) is 5.91 Å². The summed E-state index contributed by atoms with van der Waals surface area (Å²) in [7, 11) is 0. The Labute approximate surface area is 194 Å². The summed E-state index contributed by atoms with van der Waals surface area (Å²) in [5.41, 5.74) is 1.11. The molecule has 1 aliphatic rings. The first-order chi connectivity index (χ1) is 14.8. The van der Waals surface area contributed by atoms with E-state index in [-0.39, 0.29) is 24.0 Å². The Hall–Kier alpha value is -2.55. The Morgan fingerprint density at radius 3 is 2.47 bits per heavy atom. The number of rotatable bonds is 4. The summed E-state index contributed by atoms with van der Waals surface area (Å²) in [5.74, 6) is -0.408. The van der Waals surface area contributed by atoms with Crippen molar-refractivity contribution in [2.45, 2.75) is 24.9 Å². The summed E-state index contributed by atoms with van der Waals surface area (Å²) >= 11 is 6.00. The van der Waals surface area contributed by atoms with Gasteiger partial charge in [0, 0.05) is 16.6 Å². The maximum Gasteiger partial charge on any atom is 0.416 e. The molecule has 0 aliphatic carbocycles. The van der Waals surface area contributed by atoms with Crippen molar-refractivity contribution in [2.75, 3.05) is 18.4 Å². The number of aromatic nitrogens is 2. The zero-order valence-corrected chi connectivity index (χ0v) is 18.4. The fourth-order valence-corrected chi connectivity index (χ4v) is 3.91. The fraction of sp³-hybridized carbons (Fsp3) is 0.273. The Bertz CT molecular complexity index is 1080. The van der Waals surface area contributed by atoms with Crippen LogP contribution in [-0.4, -0.2) is 28.8 Å². The van der Waals surface area contributed by atoms with Crippen molar-refractivity contribution < 1.29 is 18.0 Å². The molecule has 2 N–H and O–H groups in total. The number of piperidine rings is 1. The van der Waals surface area contributed by atoms with E-state index >= 15 is 0 Å². The van der Waals surface area contributed by atoms with E-state index in [1.807, 2.05) is 12.1 Å². The highest BCUT2D eigenvalue weighted by Crippen LogP contribution is 2.33. The van der Waals surface area contributed by atoms with Crippen molar-refractivity contribution in [2.24, 2.45) is 0 Å². The van der Waals surface area contributed by atoms with Crippen LogP contribution in [0.2, 0.25) is 5.02 Å². The highest BCUT2D eigenvalue weighted by Gasteiger charge is 2.31. The normalized spacial score (nSPS) is 14.6. The Balaban J connectivity index is 0.00000289. The van der Waals surface area contributed by atoms with Crippen molar-refractivity contribution in [3.05, 3.63) is 76.6 Å². The van der Waals surface area contributed by atoms with Gasteiger partial charge >= 0.3 is 6.18 Å². The van der Waals surface area contributed by atoms with Crippen LogP contribution < -0.4 is 10.6 Å². The van der Waals surface area contributed by atoms with Crippen LogP contribution >= 0.6 is 24.0 Å². The number of hydrogen-bond donors (Lipinski definition) is 2. The number of carbonyl (C=O) groups excluding carboxylic acids is 1. The van der Waals surface area contributed by atoms with Gasteiger partial charge in [-0.15, -0.1) is 12.4 Å². The first-order valence-electron chi connectivity index (χ1n) is 9.86. The quantitative estimate of drug-likeness (QED) is 0.500. The van der Waals surface area contributed by atoms with Gasteiger partial charge in [-0.2, -0.15) is 18.3 Å². The van der Waals surface area contributed by atoms with Gasteiger partial charge in [-0.1, -0.05) is 17.7 Å². The summed E-state index contributed by atoms with van der Waals surface area (Å²) in [6, 6.07) is 11.7. The van der Waals surface area contributed by atoms with Gasteiger partial charge in [0.2, 0.25) is 0 Å². The van der Waals surface area contributed by atoms with E-state index in [0.717, 1.165) is 49.4 Å². The number of amides is 1. The van der Waals surface area contributed by atoms with Crippen molar-refractivity contribution >= 4 is 35.6 Å². The third kappa shape index (κ3) is 5.26. The van der Waals surface area contributed by atoms with E-state index in [0.29, 0.717) is 10.6 Å². The molecule has 4 rings (SSSR count). The number of nitrogens with zero attached hydrogens (tertiary/aromatic N) is 2. The summed E-state index contributed by atoms with van der Waals surface area (Å²) in [5, 5.41) is 10.9. The summed E-state index contributed by atoms with van der Waals surface area (Å²) in [6.45, 7) is 1.62. The van der Waals surface area contributed by atoms with Crippen LogP contribution in [0.15, 0.2) is 54.7 Å². The third-order valence-corrected chi connectivity index (χ3v) is 5.55. The van der Waals surface area contributed by atoms with Crippen LogP contribution in [0.1, 0.15) is 40.4 Å². The monoisotopic (exact) mass is 484 g/mol. The van der Waals surface area contributed by atoms with Crippen LogP contribution in [-0.2, 0) is 6.18 Å². The summed E-state index contributed by atoms with van der Waals surface area (Å²) < 4.78 is 40.8. The molecule has 2 aromatic carbocycles. The molecule has 32 heavy (non-hydrogen) atoms.